The minimum absolute atomic E-state index is 0.482. The van der Waals surface area contributed by atoms with Gasteiger partial charge in [-0.05, 0) is 13.3 Å². The second-order valence-electron chi connectivity index (χ2n) is 6.70. The summed E-state index contributed by atoms with van der Waals surface area (Å²) in [5.74, 6) is 0. The molecule has 0 bridgehead atoms. The van der Waals surface area contributed by atoms with Crippen molar-refractivity contribution in [1.29, 1.82) is 0 Å². The molecule has 3 nitrogen and oxygen atoms in total. The molecule has 0 fully saturated rings. The van der Waals surface area contributed by atoms with Crippen molar-refractivity contribution < 1.29 is 14.9 Å². The van der Waals surface area contributed by atoms with Crippen LogP contribution in [0.2, 0.25) is 0 Å². The van der Waals surface area contributed by atoms with Crippen LogP contribution in [-0.4, -0.2) is 18.0 Å². The van der Waals surface area contributed by atoms with Crippen molar-refractivity contribution in [3.05, 3.63) is 0 Å². The number of hydrogen-bond donors (Lipinski definition) is 1. The molecule has 0 spiro atoms. The summed E-state index contributed by atoms with van der Waals surface area (Å²) in [4.78, 5) is 9.49. The molecule has 0 rings (SSSR count). The van der Waals surface area contributed by atoms with Crippen molar-refractivity contribution in [2.24, 2.45) is 0 Å². The van der Waals surface area contributed by atoms with Crippen molar-refractivity contribution >= 4 is 0 Å². The molecule has 0 saturated carbocycles. The van der Waals surface area contributed by atoms with E-state index in [0.29, 0.717) is 13.0 Å². The second-order valence-corrected chi connectivity index (χ2v) is 6.70. The van der Waals surface area contributed by atoms with Crippen LogP contribution in [0.3, 0.4) is 0 Å². The maximum atomic E-state index is 9.44. The van der Waals surface area contributed by atoms with Crippen LogP contribution in [0.4, 0.5) is 0 Å². The van der Waals surface area contributed by atoms with E-state index < -0.39 is 6.29 Å². The van der Waals surface area contributed by atoms with Crippen LogP contribution in [-0.2, 0) is 9.78 Å². The summed E-state index contributed by atoms with van der Waals surface area (Å²) in [7, 11) is 0. The van der Waals surface area contributed by atoms with Crippen LogP contribution in [0.5, 0.6) is 0 Å². The summed E-state index contributed by atoms with van der Waals surface area (Å²) in [6.45, 7) is 4.61. The van der Waals surface area contributed by atoms with Crippen molar-refractivity contribution in [2.75, 3.05) is 6.61 Å². The van der Waals surface area contributed by atoms with Gasteiger partial charge in [0, 0.05) is 6.42 Å². The van der Waals surface area contributed by atoms with E-state index >= 15 is 0 Å². The monoisotopic (exact) mass is 330 g/mol. The molecule has 140 valence electrons. The Morgan fingerprint density at radius 2 is 1.00 bits per heavy atom. The Labute approximate surface area is 145 Å². The maximum absolute atomic E-state index is 9.44. The lowest BCUT2D eigenvalue weighted by Crippen LogP contribution is -2.11. The largest absolute Gasteiger partial charge is 0.366 e. The zero-order chi connectivity index (χ0) is 17.0. The van der Waals surface area contributed by atoms with E-state index in [0.717, 1.165) is 6.42 Å². The summed E-state index contributed by atoms with van der Waals surface area (Å²) in [5.41, 5.74) is 0. The average molecular weight is 331 g/mol. The lowest BCUT2D eigenvalue weighted by Gasteiger charge is -2.09. The minimum atomic E-state index is -0.753. The fourth-order valence-corrected chi connectivity index (χ4v) is 2.88. The topological polar surface area (TPSA) is 38.7 Å². The van der Waals surface area contributed by atoms with Gasteiger partial charge in [-0.2, -0.15) is 0 Å². The third kappa shape index (κ3) is 19.8. The van der Waals surface area contributed by atoms with Gasteiger partial charge in [0.15, 0.2) is 6.29 Å². The van der Waals surface area contributed by atoms with Crippen molar-refractivity contribution in [3.8, 4) is 0 Å². The van der Waals surface area contributed by atoms with Gasteiger partial charge in [0.1, 0.15) is 0 Å². The third-order valence-corrected chi connectivity index (χ3v) is 4.35. The molecule has 0 aromatic carbocycles. The molecule has 0 aliphatic rings. The highest BCUT2D eigenvalue weighted by molar-refractivity contribution is 4.50. The van der Waals surface area contributed by atoms with Gasteiger partial charge in [0.2, 0.25) is 0 Å². The number of aliphatic hydroxyl groups excluding tert-OH is 1. The molecule has 0 aliphatic heterocycles. The van der Waals surface area contributed by atoms with Gasteiger partial charge in [-0.3, -0.25) is 0 Å². The standard InChI is InChI=1S/C20H42O3/c1-3-5-6-7-8-9-10-11-12-13-14-15-16-17-18-19-20(21)23-22-4-2/h20-21H,3-19H2,1-2H3. The molecular weight excluding hydrogens is 288 g/mol. The maximum Gasteiger partial charge on any atom is 0.188 e. The van der Waals surface area contributed by atoms with Crippen LogP contribution >= 0.6 is 0 Å². The van der Waals surface area contributed by atoms with Gasteiger partial charge in [-0.15, -0.1) is 0 Å². The molecule has 0 aromatic rings. The van der Waals surface area contributed by atoms with Gasteiger partial charge < -0.3 is 5.11 Å². The molecule has 0 aromatic heterocycles. The van der Waals surface area contributed by atoms with E-state index in [1.165, 1.54) is 89.9 Å². The van der Waals surface area contributed by atoms with E-state index in [1.54, 1.807) is 0 Å². The third-order valence-electron chi connectivity index (χ3n) is 4.35. The summed E-state index contributed by atoms with van der Waals surface area (Å²) in [6, 6.07) is 0. The first-order valence-corrected chi connectivity index (χ1v) is 10.3. The van der Waals surface area contributed by atoms with Gasteiger partial charge in [-0.25, -0.2) is 9.78 Å². The summed E-state index contributed by atoms with van der Waals surface area (Å²) < 4.78 is 0. The van der Waals surface area contributed by atoms with Crippen molar-refractivity contribution in [3.63, 3.8) is 0 Å². The van der Waals surface area contributed by atoms with E-state index in [9.17, 15) is 5.11 Å². The van der Waals surface area contributed by atoms with Gasteiger partial charge in [0.25, 0.3) is 0 Å². The number of rotatable bonds is 19. The van der Waals surface area contributed by atoms with Crippen molar-refractivity contribution in [2.45, 2.75) is 123 Å². The summed E-state index contributed by atoms with van der Waals surface area (Å²) >= 11 is 0. The SMILES string of the molecule is CCCCCCCCCCCCCCCCCC(O)OOCC. The zero-order valence-electron chi connectivity index (χ0n) is 15.9. The van der Waals surface area contributed by atoms with E-state index in [2.05, 4.69) is 6.92 Å². The van der Waals surface area contributed by atoms with E-state index in [4.69, 9.17) is 9.78 Å². The Morgan fingerprint density at radius 1 is 0.609 bits per heavy atom. The normalized spacial score (nSPS) is 12.7. The highest BCUT2D eigenvalue weighted by Crippen LogP contribution is 2.14. The number of hydrogen-bond acceptors (Lipinski definition) is 3. The van der Waals surface area contributed by atoms with Crippen LogP contribution in [0.25, 0.3) is 0 Å². The predicted octanol–water partition coefficient (Wildman–Crippen LogP) is 6.53. The average Bonchev–Trinajstić information content (AvgIpc) is 2.56. The number of unbranched alkanes of at least 4 members (excludes halogenated alkanes) is 14. The molecule has 3 heteroatoms. The van der Waals surface area contributed by atoms with Crippen molar-refractivity contribution in [1.82, 2.24) is 0 Å². The highest BCUT2D eigenvalue weighted by Gasteiger charge is 2.03. The smallest absolute Gasteiger partial charge is 0.188 e. The first-order valence-electron chi connectivity index (χ1n) is 10.3. The fourth-order valence-electron chi connectivity index (χ4n) is 2.88. The molecule has 0 heterocycles. The first-order chi connectivity index (χ1) is 11.3. The van der Waals surface area contributed by atoms with Crippen LogP contribution in [0, 0.1) is 0 Å². The second kappa shape index (κ2) is 19.9. The summed E-state index contributed by atoms with van der Waals surface area (Å²) in [5, 5.41) is 9.44. The lowest BCUT2D eigenvalue weighted by molar-refractivity contribution is -0.368. The van der Waals surface area contributed by atoms with Gasteiger partial charge >= 0.3 is 0 Å². The molecule has 1 N–H and O–H groups in total. The van der Waals surface area contributed by atoms with Gasteiger partial charge in [-0.1, -0.05) is 96.8 Å². The molecule has 23 heavy (non-hydrogen) atoms. The lowest BCUT2D eigenvalue weighted by atomic mass is 10.0. The van der Waals surface area contributed by atoms with Crippen LogP contribution < -0.4 is 0 Å². The predicted molar refractivity (Wildman–Crippen MR) is 98.3 cm³/mol. The molecule has 0 aliphatic carbocycles. The van der Waals surface area contributed by atoms with E-state index in [1.807, 2.05) is 6.92 Å². The number of aliphatic hydroxyl groups is 1. The Bertz CT molecular complexity index is 209. The Kier molecular flexibility index (Phi) is 19.8. The van der Waals surface area contributed by atoms with Crippen LogP contribution in [0.1, 0.15) is 117 Å². The Hall–Kier alpha value is -0.120. The molecule has 1 unspecified atom stereocenters. The quantitative estimate of drug-likeness (QED) is 0.126. The molecular formula is C20H42O3. The highest BCUT2D eigenvalue weighted by atomic mass is 17.2. The molecule has 0 amide bonds. The Morgan fingerprint density at radius 3 is 1.39 bits per heavy atom. The molecule has 0 saturated heterocycles. The van der Waals surface area contributed by atoms with E-state index in [-0.39, 0.29) is 0 Å². The first kappa shape index (κ1) is 22.9. The molecule has 0 radical (unpaired) electrons. The summed E-state index contributed by atoms with van der Waals surface area (Å²) in [6.07, 6.45) is 20.3. The zero-order valence-corrected chi connectivity index (χ0v) is 15.9. The fraction of sp³-hybridized carbons (Fsp3) is 1.00. The minimum Gasteiger partial charge on any atom is -0.366 e. The molecule has 1 atom stereocenters. The van der Waals surface area contributed by atoms with Crippen LogP contribution in [0.15, 0.2) is 0 Å². The Balaban J connectivity index is 3.02. The van der Waals surface area contributed by atoms with Gasteiger partial charge in [0.05, 0.1) is 6.61 Å².